The van der Waals surface area contributed by atoms with Gasteiger partial charge in [-0.15, -0.1) is 5.06 Å². The lowest BCUT2D eigenvalue weighted by Gasteiger charge is -2.32. The Balaban J connectivity index is 1.48. The molecule has 1 aromatic rings. The maximum Gasteiger partial charge on any atom is 0.256 e. The molecule has 1 saturated carbocycles. The molecule has 0 unspecified atom stereocenters. The van der Waals surface area contributed by atoms with Crippen LogP contribution in [0.15, 0.2) is 6.20 Å². The van der Waals surface area contributed by atoms with Gasteiger partial charge in [-0.25, -0.2) is 0 Å². The van der Waals surface area contributed by atoms with E-state index in [1.807, 2.05) is 6.20 Å². The molecule has 0 atom stereocenters. The third-order valence-corrected chi connectivity index (χ3v) is 4.31. The molecule has 3 heterocycles. The molecule has 20 heavy (non-hydrogen) atoms. The van der Waals surface area contributed by atoms with E-state index >= 15 is 0 Å². The minimum Gasteiger partial charge on any atom is -0.383 e. The average Bonchev–Trinajstić information content (AvgIpc) is 3.25. The van der Waals surface area contributed by atoms with E-state index < -0.39 is 0 Å². The first kappa shape index (κ1) is 12.6. The van der Waals surface area contributed by atoms with Crippen LogP contribution in [0, 0.1) is 0 Å². The molecule has 6 heteroatoms. The van der Waals surface area contributed by atoms with Gasteiger partial charge in [-0.05, 0) is 25.7 Å². The van der Waals surface area contributed by atoms with Crippen LogP contribution in [0.4, 0.5) is 0 Å². The number of nitrogens with one attached hydrogen (secondary N) is 1. The fourth-order valence-electron chi connectivity index (χ4n) is 3.03. The van der Waals surface area contributed by atoms with Crippen molar-refractivity contribution in [3.63, 3.8) is 0 Å². The number of ether oxygens (including phenoxy) is 1. The van der Waals surface area contributed by atoms with Crippen molar-refractivity contribution < 1.29 is 9.57 Å². The Kier molecular flexibility index (Phi) is 3.37. The van der Waals surface area contributed by atoms with Gasteiger partial charge in [-0.3, -0.25) is 0 Å². The minimum atomic E-state index is 0.480. The second kappa shape index (κ2) is 5.35. The summed E-state index contributed by atoms with van der Waals surface area (Å²) in [7, 11) is 0. The second-order valence-electron chi connectivity index (χ2n) is 5.89. The molecule has 1 N–H and O–H groups in total. The first-order valence-electron chi connectivity index (χ1n) is 7.71. The quantitative estimate of drug-likeness (QED) is 0.830. The van der Waals surface area contributed by atoms with Crippen LogP contribution in [0.25, 0.3) is 0 Å². The standard InChI is InChI=1S/C14H22N4O2/c1-2-11(1)18(12-3-7-19-8-4-12)20-14-10-17-6-5-15-9-13(17)16-14/h10-12,15H,1-9H2. The summed E-state index contributed by atoms with van der Waals surface area (Å²) in [5.41, 5.74) is 0. The van der Waals surface area contributed by atoms with Crippen LogP contribution < -0.4 is 10.2 Å². The van der Waals surface area contributed by atoms with E-state index in [1.165, 1.54) is 12.8 Å². The Labute approximate surface area is 119 Å². The summed E-state index contributed by atoms with van der Waals surface area (Å²) in [5.74, 6) is 1.83. The molecule has 110 valence electrons. The van der Waals surface area contributed by atoms with E-state index in [9.17, 15) is 0 Å². The number of hydrogen-bond acceptors (Lipinski definition) is 5. The SMILES string of the molecule is c1c(ON(C2CCOCC2)C2CC2)nc2n1CCNC2. The van der Waals surface area contributed by atoms with Crippen LogP contribution >= 0.6 is 0 Å². The van der Waals surface area contributed by atoms with Crippen LogP contribution in [0.5, 0.6) is 5.88 Å². The Hall–Kier alpha value is -1.11. The molecule has 0 spiro atoms. The molecule has 2 fully saturated rings. The maximum absolute atomic E-state index is 6.15. The smallest absolute Gasteiger partial charge is 0.256 e. The molecule has 1 aliphatic carbocycles. The summed E-state index contributed by atoms with van der Waals surface area (Å²) in [6, 6.07) is 1.06. The molecule has 6 nitrogen and oxygen atoms in total. The molecular weight excluding hydrogens is 256 g/mol. The normalized spacial score (nSPS) is 23.9. The number of imidazole rings is 1. The lowest BCUT2D eigenvalue weighted by atomic mass is 10.1. The summed E-state index contributed by atoms with van der Waals surface area (Å²) < 4.78 is 7.65. The lowest BCUT2D eigenvalue weighted by molar-refractivity contribution is -0.131. The van der Waals surface area contributed by atoms with Crippen molar-refractivity contribution in [3.8, 4) is 5.88 Å². The van der Waals surface area contributed by atoms with Crippen molar-refractivity contribution in [1.29, 1.82) is 0 Å². The van der Waals surface area contributed by atoms with Gasteiger partial charge in [-0.1, -0.05) is 0 Å². The number of aromatic nitrogens is 2. The Bertz CT molecular complexity index is 442. The highest BCUT2D eigenvalue weighted by Gasteiger charge is 2.37. The molecule has 0 aromatic carbocycles. The van der Waals surface area contributed by atoms with Gasteiger partial charge < -0.3 is 19.5 Å². The molecule has 0 amide bonds. The van der Waals surface area contributed by atoms with E-state index in [1.54, 1.807) is 0 Å². The van der Waals surface area contributed by atoms with E-state index in [4.69, 9.17) is 9.57 Å². The van der Waals surface area contributed by atoms with Crippen LogP contribution in [0.1, 0.15) is 31.5 Å². The van der Waals surface area contributed by atoms with Crippen molar-refractivity contribution in [2.45, 2.75) is 50.9 Å². The van der Waals surface area contributed by atoms with E-state index in [0.29, 0.717) is 12.1 Å². The number of hydroxylamine groups is 2. The van der Waals surface area contributed by atoms with Gasteiger partial charge in [-0.2, -0.15) is 4.98 Å². The van der Waals surface area contributed by atoms with E-state index in [0.717, 1.165) is 57.4 Å². The maximum atomic E-state index is 6.15. The zero-order valence-electron chi connectivity index (χ0n) is 11.8. The summed E-state index contributed by atoms with van der Waals surface area (Å²) in [6.07, 6.45) is 6.65. The van der Waals surface area contributed by atoms with Gasteiger partial charge in [0.2, 0.25) is 0 Å². The van der Waals surface area contributed by atoms with Gasteiger partial charge in [0.25, 0.3) is 5.88 Å². The molecule has 3 aliphatic rings. The molecule has 2 aliphatic heterocycles. The van der Waals surface area contributed by atoms with Crippen LogP contribution in [0.3, 0.4) is 0 Å². The third kappa shape index (κ3) is 2.55. The van der Waals surface area contributed by atoms with Crippen LogP contribution in [0.2, 0.25) is 0 Å². The predicted molar refractivity (Wildman–Crippen MR) is 73.3 cm³/mol. The summed E-state index contributed by atoms with van der Waals surface area (Å²) >= 11 is 0. The fraction of sp³-hybridized carbons (Fsp3) is 0.786. The van der Waals surface area contributed by atoms with Crippen LogP contribution in [-0.2, 0) is 17.8 Å². The minimum absolute atomic E-state index is 0.480. The summed E-state index contributed by atoms with van der Waals surface area (Å²) in [4.78, 5) is 10.7. The van der Waals surface area contributed by atoms with Crippen molar-refractivity contribution in [2.75, 3.05) is 19.8 Å². The van der Waals surface area contributed by atoms with Gasteiger partial charge in [0.15, 0.2) is 0 Å². The Morgan fingerprint density at radius 2 is 2.05 bits per heavy atom. The molecule has 1 saturated heterocycles. The van der Waals surface area contributed by atoms with Gasteiger partial charge in [0.05, 0.1) is 18.8 Å². The summed E-state index contributed by atoms with van der Waals surface area (Å²) in [6.45, 7) is 4.52. The number of nitrogens with zero attached hydrogens (tertiary/aromatic N) is 3. The Morgan fingerprint density at radius 3 is 2.80 bits per heavy atom. The first-order chi connectivity index (χ1) is 9.90. The van der Waals surface area contributed by atoms with Crippen molar-refractivity contribution >= 4 is 0 Å². The van der Waals surface area contributed by atoms with E-state index in [-0.39, 0.29) is 0 Å². The number of rotatable bonds is 4. The highest BCUT2D eigenvalue weighted by atomic mass is 16.7. The number of hydrogen-bond donors (Lipinski definition) is 1. The average molecular weight is 278 g/mol. The van der Waals surface area contributed by atoms with Crippen molar-refractivity contribution in [2.24, 2.45) is 0 Å². The number of fused-ring (bicyclic) bond motifs is 1. The predicted octanol–water partition coefficient (Wildman–Crippen LogP) is 0.923. The lowest BCUT2D eigenvalue weighted by Crippen LogP contribution is -2.43. The second-order valence-corrected chi connectivity index (χ2v) is 5.89. The molecule has 0 radical (unpaired) electrons. The Morgan fingerprint density at radius 1 is 1.25 bits per heavy atom. The van der Waals surface area contributed by atoms with Gasteiger partial charge in [0, 0.05) is 32.3 Å². The zero-order chi connectivity index (χ0) is 13.4. The highest BCUT2D eigenvalue weighted by Crippen LogP contribution is 2.32. The first-order valence-corrected chi connectivity index (χ1v) is 7.71. The molecule has 4 rings (SSSR count). The van der Waals surface area contributed by atoms with Gasteiger partial charge >= 0.3 is 0 Å². The van der Waals surface area contributed by atoms with Gasteiger partial charge in [0.1, 0.15) is 5.82 Å². The molecular formula is C14H22N4O2. The fourth-order valence-corrected chi connectivity index (χ4v) is 3.03. The van der Waals surface area contributed by atoms with Crippen molar-refractivity contribution in [1.82, 2.24) is 19.9 Å². The molecule has 0 bridgehead atoms. The monoisotopic (exact) mass is 278 g/mol. The topological polar surface area (TPSA) is 51.6 Å². The third-order valence-electron chi connectivity index (χ3n) is 4.31. The molecule has 1 aromatic heterocycles. The zero-order valence-corrected chi connectivity index (χ0v) is 11.8. The van der Waals surface area contributed by atoms with Crippen LogP contribution in [-0.4, -0.2) is 46.5 Å². The van der Waals surface area contributed by atoms with E-state index in [2.05, 4.69) is 19.9 Å². The van der Waals surface area contributed by atoms with Crippen molar-refractivity contribution in [3.05, 3.63) is 12.0 Å². The largest absolute Gasteiger partial charge is 0.383 e. The highest BCUT2D eigenvalue weighted by molar-refractivity contribution is 5.11. The summed E-state index contributed by atoms with van der Waals surface area (Å²) in [5, 5.41) is 5.54.